The fourth-order valence-corrected chi connectivity index (χ4v) is 2.25. The highest BCUT2D eigenvalue weighted by Gasteiger charge is 2.23. The number of carboxylic acid groups (broad SMARTS) is 1. The van der Waals surface area contributed by atoms with Gasteiger partial charge < -0.3 is 9.84 Å². The van der Waals surface area contributed by atoms with E-state index in [9.17, 15) is 9.59 Å². The van der Waals surface area contributed by atoms with Crippen LogP contribution in [0.15, 0.2) is 11.6 Å². The SMILES string of the molecule is CCOC(=O)C1CCC(=CCCCC(=O)O)CC1. The van der Waals surface area contributed by atoms with E-state index < -0.39 is 5.97 Å². The topological polar surface area (TPSA) is 63.6 Å². The van der Waals surface area contributed by atoms with Crippen LogP contribution < -0.4 is 0 Å². The second kappa shape index (κ2) is 7.90. The number of hydrogen-bond acceptors (Lipinski definition) is 3. The van der Waals surface area contributed by atoms with Crippen molar-refractivity contribution in [1.82, 2.24) is 0 Å². The highest BCUT2D eigenvalue weighted by atomic mass is 16.5. The third-order valence-corrected chi connectivity index (χ3v) is 3.28. The normalized spacial score (nSPS) is 19.4. The minimum Gasteiger partial charge on any atom is -0.481 e. The molecule has 1 aliphatic carbocycles. The fraction of sp³-hybridized carbons (Fsp3) is 0.714. The van der Waals surface area contributed by atoms with Gasteiger partial charge in [-0.05, 0) is 45.4 Å². The molecule has 1 rings (SSSR count). The van der Waals surface area contributed by atoms with Crippen LogP contribution >= 0.6 is 0 Å². The first kappa shape index (κ1) is 14.7. The van der Waals surface area contributed by atoms with E-state index in [2.05, 4.69) is 6.08 Å². The lowest BCUT2D eigenvalue weighted by Crippen LogP contribution is -2.21. The zero-order valence-electron chi connectivity index (χ0n) is 11.0. The van der Waals surface area contributed by atoms with Gasteiger partial charge in [0.1, 0.15) is 0 Å². The van der Waals surface area contributed by atoms with Crippen LogP contribution in [0, 0.1) is 5.92 Å². The number of rotatable bonds is 6. The van der Waals surface area contributed by atoms with Crippen molar-refractivity contribution in [1.29, 1.82) is 0 Å². The maximum Gasteiger partial charge on any atom is 0.308 e. The largest absolute Gasteiger partial charge is 0.481 e. The van der Waals surface area contributed by atoms with E-state index in [0.717, 1.165) is 32.1 Å². The van der Waals surface area contributed by atoms with E-state index in [-0.39, 0.29) is 18.3 Å². The quantitative estimate of drug-likeness (QED) is 0.449. The van der Waals surface area contributed by atoms with Gasteiger partial charge in [-0.15, -0.1) is 0 Å². The Hall–Kier alpha value is -1.32. The van der Waals surface area contributed by atoms with Crippen molar-refractivity contribution in [3.05, 3.63) is 11.6 Å². The molecule has 0 aliphatic heterocycles. The van der Waals surface area contributed by atoms with Gasteiger partial charge >= 0.3 is 11.9 Å². The van der Waals surface area contributed by atoms with Crippen LogP contribution in [0.1, 0.15) is 51.9 Å². The maximum absolute atomic E-state index is 11.5. The van der Waals surface area contributed by atoms with E-state index in [1.807, 2.05) is 6.92 Å². The molecule has 102 valence electrons. The molecule has 0 aromatic heterocycles. The lowest BCUT2D eigenvalue weighted by atomic mass is 9.85. The molecule has 0 spiro atoms. The predicted molar refractivity (Wildman–Crippen MR) is 68.2 cm³/mol. The van der Waals surface area contributed by atoms with E-state index in [1.165, 1.54) is 5.57 Å². The Kier molecular flexibility index (Phi) is 6.47. The third-order valence-electron chi connectivity index (χ3n) is 3.28. The number of unbranched alkanes of at least 4 members (excludes halogenated alkanes) is 1. The second-order valence-corrected chi connectivity index (χ2v) is 4.67. The minimum absolute atomic E-state index is 0.0566. The summed E-state index contributed by atoms with van der Waals surface area (Å²) in [6, 6.07) is 0. The third kappa shape index (κ3) is 5.34. The van der Waals surface area contributed by atoms with E-state index in [4.69, 9.17) is 9.84 Å². The Morgan fingerprint density at radius 1 is 1.39 bits per heavy atom. The average molecular weight is 254 g/mol. The van der Waals surface area contributed by atoms with Crippen LogP contribution in [0.25, 0.3) is 0 Å². The average Bonchev–Trinajstić information content (AvgIpc) is 2.35. The lowest BCUT2D eigenvalue weighted by Gasteiger charge is -2.22. The molecule has 0 unspecified atom stereocenters. The molecule has 18 heavy (non-hydrogen) atoms. The van der Waals surface area contributed by atoms with Crippen LogP contribution in [0.2, 0.25) is 0 Å². The summed E-state index contributed by atoms with van der Waals surface area (Å²) in [5.74, 6) is -0.747. The van der Waals surface area contributed by atoms with Gasteiger partial charge in [0.2, 0.25) is 0 Å². The highest BCUT2D eigenvalue weighted by Crippen LogP contribution is 2.29. The monoisotopic (exact) mass is 254 g/mol. The van der Waals surface area contributed by atoms with Crippen molar-refractivity contribution in [2.75, 3.05) is 6.61 Å². The van der Waals surface area contributed by atoms with Crippen molar-refractivity contribution in [2.45, 2.75) is 51.9 Å². The highest BCUT2D eigenvalue weighted by molar-refractivity contribution is 5.72. The molecule has 4 heteroatoms. The zero-order chi connectivity index (χ0) is 13.4. The zero-order valence-corrected chi connectivity index (χ0v) is 11.0. The maximum atomic E-state index is 11.5. The van der Waals surface area contributed by atoms with E-state index >= 15 is 0 Å². The van der Waals surface area contributed by atoms with Gasteiger partial charge in [0, 0.05) is 6.42 Å². The van der Waals surface area contributed by atoms with Crippen LogP contribution in [0.3, 0.4) is 0 Å². The summed E-state index contributed by atoms with van der Waals surface area (Å²) >= 11 is 0. The smallest absolute Gasteiger partial charge is 0.308 e. The molecule has 1 aliphatic rings. The summed E-state index contributed by atoms with van der Waals surface area (Å²) in [5, 5.41) is 8.52. The van der Waals surface area contributed by atoms with Gasteiger partial charge in [-0.2, -0.15) is 0 Å². The Labute approximate surface area is 108 Å². The molecular weight excluding hydrogens is 232 g/mol. The van der Waals surface area contributed by atoms with Crippen molar-refractivity contribution in [2.24, 2.45) is 5.92 Å². The Balaban J connectivity index is 2.24. The van der Waals surface area contributed by atoms with Crippen LogP contribution in [0.4, 0.5) is 0 Å². The first-order valence-corrected chi connectivity index (χ1v) is 6.69. The standard InChI is InChI=1S/C14H22O4/c1-2-18-14(17)12-9-7-11(8-10-12)5-3-4-6-13(15)16/h5,12H,2-4,6-10H2,1H3,(H,15,16). The van der Waals surface area contributed by atoms with Crippen LogP contribution in [0.5, 0.6) is 0 Å². The molecule has 0 heterocycles. The van der Waals surface area contributed by atoms with Crippen molar-refractivity contribution in [3.8, 4) is 0 Å². The fourth-order valence-electron chi connectivity index (χ4n) is 2.25. The van der Waals surface area contributed by atoms with Crippen LogP contribution in [-0.4, -0.2) is 23.7 Å². The molecule has 4 nitrogen and oxygen atoms in total. The van der Waals surface area contributed by atoms with Crippen LogP contribution in [-0.2, 0) is 14.3 Å². The number of carbonyl (C=O) groups excluding carboxylic acids is 1. The van der Waals surface area contributed by atoms with Gasteiger partial charge in [0.25, 0.3) is 0 Å². The Morgan fingerprint density at radius 3 is 2.61 bits per heavy atom. The molecule has 0 atom stereocenters. The molecule has 0 aromatic carbocycles. The molecule has 0 bridgehead atoms. The molecule has 1 fully saturated rings. The van der Waals surface area contributed by atoms with Crippen molar-refractivity contribution in [3.63, 3.8) is 0 Å². The molecule has 0 aromatic rings. The summed E-state index contributed by atoms with van der Waals surface area (Å²) < 4.78 is 5.02. The van der Waals surface area contributed by atoms with Gasteiger partial charge in [-0.1, -0.05) is 11.6 Å². The summed E-state index contributed by atoms with van der Waals surface area (Å²) in [5.41, 5.74) is 1.36. The summed E-state index contributed by atoms with van der Waals surface area (Å²) in [7, 11) is 0. The van der Waals surface area contributed by atoms with Crippen molar-refractivity contribution >= 4 is 11.9 Å². The number of ether oxygens (including phenoxy) is 1. The number of hydrogen-bond donors (Lipinski definition) is 1. The number of aliphatic carboxylic acids is 1. The predicted octanol–water partition coefficient (Wildman–Crippen LogP) is 2.92. The first-order chi connectivity index (χ1) is 8.63. The molecule has 0 saturated heterocycles. The first-order valence-electron chi connectivity index (χ1n) is 6.69. The summed E-state index contributed by atoms with van der Waals surface area (Å²) in [6.07, 6.45) is 7.51. The number of carboxylic acids is 1. The second-order valence-electron chi connectivity index (χ2n) is 4.67. The lowest BCUT2D eigenvalue weighted by molar-refractivity contribution is -0.148. The van der Waals surface area contributed by atoms with Gasteiger partial charge in [0.15, 0.2) is 0 Å². The number of esters is 1. The molecular formula is C14H22O4. The van der Waals surface area contributed by atoms with E-state index in [1.54, 1.807) is 0 Å². The summed E-state index contributed by atoms with van der Waals surface area (Å²) in [6.45, 7) is 2.28. The van der Waals surface area contributed by atoms with E-state index in [0.29, 0.717) is 13.0 Å². The minimum atomic E-state index is -0.737. The molecule has 0 amide bonds. The number of allylic oxidation sites excluding steroid dienone is 2. The van der Waals surface area contributed by atoms with Gasteiger partial charge in [-0.25, -0.2) is 0 Å². The molecule has 1 N–H and O–H groups in total. The summed E-state index contributed by atoms with van der Waals surface area (Å²) in [4.78, 5) is 21.9. The molecule has 1 saturated carbocycles. The van der Waals surface area contributed by atoms with Gasteiger partial charge in [0.05, 0.1) is 12.5 Å². The van der Waals surface area contributed by atoms with Crippen molar-refractivity contribution < 1.29 is 19.4 Å². The van der Waals surface area contributed by atoms with Gasteiger partial charge in [-0.3, -0.25) is 9.59 Å². The number of carbonyl (C=O) groups is 2. The Bertz CT molecular complexity index is 310. The molecule has 0 radical (unpaired) electrons. The Morgan fingerprint density at radius 2 is 2.06 bits per heavy atom.